The molecule has 1 amide bonds. The average Bonchev–Trinajstić information content (AvgIpc) is 2.73. The third kappa shape index (κ3) is 6.04. The number of nitro groups is 1. The Bertz CT molecular complexity index is 1080. The van der Waals surface area contributed by atoms with Crippen LogP contribution in [0.15, 0.2) is 71.7 Å². The molecule has 7 nitrogen and oxygen atoms in total. The minimum Gasteiger partial charge on any atom is -0.482 e. The van der Waals surface area contributed by atoms with Gasteiger partial charge in [-0.3, -0.25) is 19.9 Å². The fourth-order valence-electron chi connectivity index (χ4n) is 2.40. The van der Waals surface area contributed by atoms with Crippen LogP contribution in [0.3, 0.4) is 0 Å². The second kappa shape index (κ2) is 9.87. The van der Waals surface area contributed by atoms with Crippen LogP contribution in [0.1, 0.15) is 5.56 Å². The van der Waals surface area contributed by atoms with E-state index in [0.29, 0.717) is 32.7 Å². The number of nitrogens with zero attached hydrogens (tertiary/aromatic N) is 2. The summed E-state index contributed by atoms with van der Waals surface area (Å²) in [6.45, 7) is -0.210. The lowest BCUT2D eigenvalue weighted by molar-refractivity contribution is -0.384. The molecule has 0 heterocycles. The molecule has 0 fully saturated rings. The van der Waals surface area contributed by atoms with Crippen molar-refractivity contribution >= 4 is 52.4 Å². The maximum Gasteiger partial charge on any atom is 0.269 e. The zero-order chi connectivity index (χ0) is 21.5. The first-order valence-electron chi connectivity index (χ1n) is 8.67. The molecule has 0 saturated heterocycles. The number of amides is 1. The lowest BCUT2D eigenvalue weighted by Gasteiger charge is -2.09. The normalized spacial score (nSPS) is 10.7. The molecule has 0 aliphatic heterocycles. The van der Waals surface area contributed by atoms with E-state index in [-0.39, 0.29) is 18.2 Å². The Morgan fingerprint density at radius 1 is 1.07 bits per heavy atom. The minimum atomic E-state index is -0.471. The van der Waals surface area contributed by atoms with Crippen molar-refractivity contribution in [1.29, 1.82) is 0 Å². The molecular formula is C21H15Cl2N3O4. The maximum atomic E-state index is 12.0. The number of benzene rings is 3. The Kier molecular flexibility index (Phi) is 7.00. The van der Waals surface area contributed by atoms with Crippen molar-refractivity contribution in [2.75, 3.05) is 11.9 Å². The number of hydrogen-bond donors (Lipinski definition) is 1. The van der Waals surface area contributed by atoms with Crippen molar-refractivity contribution in [3.8, 4) is 5.75 Å². The molecule has 0 saturated carbocycles. The van der Waals surface area contributed by atoms with Gasteiger partial charge >= 0.3 is 0 Å². The van der Waals surface area contributed by atoms with Gasteiger partial charge in [-0.1, -0.05) is 23.2 Å². The van der Waals surface area contributed by atoms with Gasteiger partial charge in [0.2, 0.25) is 0 Å². The number of nitrogens with one attached hydrogen (secondary N) is 1. The fraction of sp³-hybridized carbons (Fsp3) is 0.0476. The van der Waals surface area contributed by atoms with Crippen molar-refractivity contribution in [3.63, 3.8) is 0 Å². The number of hydrogen-bond acceptors (Lipinski definition) is 5. The van der Waals surface area contributed by atoms with Gasteiger partial charge in [0.05, 0.1) is 15.6 Å². The molecule has 0 aromatic heterocycles. The van der Waals surface area contributed by atoms with Crippen LogP contribution < -0.4 is 10.1 Å². The summed E-state index contributed by atoms with van der Waals surface area (Å²) >= 11 is 12.0. The van der Waals surface area contributed by atoms with Crippen LogP contribution in [-0.2, 0) is 4.79 Å². The molecule has 0 aliphatic rings. The molecule has 3 aromatic rings. The molecule has 0 bridgehead atoms. The highest BCUT2D eigenvalue weighted by atomic mass is 35.5. The van der Waals surface area contributed by atoms with Crippen LogP contribution in [0.4, 0.5) is 17.1 Å². The van der Waals surface area contributed by atoms with Crippen LogP contribution in [0.2, 0.25) is 10.0 Å². The van der Waals surface area contributed by atoms with Gasteiger partial charge < -0.3 is 10.1 Å². The quantitative estimate of drug-likeness (QED) is 0.289. The number of rotatable bonds is 7. The first-order chi connectivity index (χ1) is 14.4. The van der Waals surface area contributed by atoms with E-state index in [1.807, 2.05) is 0 Å². The van der Waals surface area contributed by atoms with Crippen molar-refractivity contribution in [2.24, 2.45) is 4.99 Å². The van der Waals surface area contributed by atoms with Gasteiger partial charge in [-0.15, -0.1) is 0 Å². The average molecular weight is 444 g/mol. The summed E-state index contributed by atoms with van der Waals surface area (Å²) in [5.74, 6) is 0.0209. The molecule has 0 unspecified atom stereocenters. The summed E-state index contributed by atoms with van der Waals surface area (Å²) in [6, 6.07) is 17.6. The third-order valence-electron chi connectivity index (χ3n) is 3.87. The molecular weight excluding hydrogens is 429 g/mol. The van der Waals surface area contributed by atoms with Gasteiger partial charge in [-0.05, 0) is 60.2 Å². The van der Waals surface area contributed by atoms with E-state index < -0.39 is 4.92 Å². The van der Waals surface area contributed by atoms with Gasteiger partial charge in [-0.2, -0.15) is 0 Å². The highest BCUT2D eigenvalue weighted by Gasteiger charge is 2.08. The summed E-state index contributed by atoms with van der Waals surface area (Å²) in [6.07, 6.45) is 1.57. The second-order valence-corrected chi connectivity index (χ2v) is 6.91. The smallest absolute Gasteiger partial charge is 0.269 e. The van der Waals surface area contributed by atoms with Gasteiger partial charge in [0.15, 0.2) is 6.61 Å². The van der Waals surface area contributed by atoms with Crippen LogP contribution in [0, 0.1) is 10.1 Å². The summed E-state index contributed by atoms with van der Waals surface area (Å²) in [5, 5.41) is 14.3. The summed E-state index contributed by atoms with van der Waals surface area (Å²) in [4.78, 5) is 26.5. The van der Waals surface area contributed by atoms with Gasteiger partial charge in [0.1, 0.15) is 5.75 Å². The summed E-state index contributed by atoms with van der Waals surface area (Å²) in [7, 11) is 0. The Morgan fingerprint density at radius 2 is 1.77 bits per heavy atom. The second-order valence-electron chi connectivity index (χ2n) is 6.07. The van der Waals surface area contributed by atoms with Crippen molar-refractivity contribution in [2.45, 2.75) is 0 Å². The number of non-ortho nitro benzene ring substituents is 1. The molecule has 30 heavy (non-hydrogen) atoms. The highest BCUT2D eigenvalue weighted by Crippen LogP contribution is 2.25. The number of nitro benzene ring substituents is 1. The predicted octanol–water partition coefficient (Wildman–Crippen LogP) is 5.67. The molecule has 0 radical (unpaired) electrons. The minimum absolute atomic E-state index is 0.00130. The largest absolute Gasteiger partial charge is 0.482 e. The Labute approximate surface area is 182 Å². The number of ether oxygens (including phenoxy) is 1. The zero-order valence-corrected chi connectivity index (χ0v) is 16.9. The monoisotopic (exact) mass is 443 g/mol. The Hall–Kier alpha value is -3.42. The molecule has 3 aromatic carbocycles. The molecule has 3 rings (SSSR count). The Morgan fingerprint density at radius 3 is 2.40 bits per heavy atom. The predicted molar refractivity (Wildman–Crippen MR) is 117 cm³/mol. The van der Waals surface area contributed by atoms with E-state index in [4.69, 9.17) is 27.9 Å². The van der Waals surface area contributed by atoms with Crippen LogP contribution in [0.5, 0.6) is 5.75 Å². The van der Waals surface area contributed by atoms with E-state index >= 15 is 0 Å². The number of carbonyl (C=O) groups excluding carboxylic acids is 1. The van der Waals surface area contributed by atoms with Crippen LogP contribution >= 0.6 is 23.2 Å². The maximum absolute atomic E-state index is 12.0. The van der Waals surface area contributed by atoms with Crippen molar-refractivity contribution in [1.82, 2.24) is 0 Å². The van der Waals surface area contributed by atoms with E-state index in [1.165, 1.54) is 12.1 Å². The topological polar surface area (TPSA) is 93.8 Å². The number of halogens is 2. The lowest BCUT2D eigenvalue weighted by Crippen LogP contribution is -2.20. The Balaban J connectivity index is 1.57. The highest BCUT2D eigenvalue weighted by molar-refractivity contribution is 6.32. The van der Waals surface area contributed by atoms with Crippen LogP contribution in [0.25, 0.3) is 0 Å². The molecule has 0 atom stereocenters. The number of anilines is 1. The standard InChI is InChI=1S/C21H15Cl2N3O4/c22-15-2-4-17(5-3-15)25-21(27)13-30-20-10-1-14(11-19(20)23)12-24-16-6-8-18(9-7-16)26(28)29/h1-12H,13H2,(H,25,27). The van der Waals surface area contributed by atoms with Crippen molar-refractivity contribution in [3.05, 3.63) is 92.5 Å². The van der Waals surface area contributed by atoms with E-state index in [9.17, 15) is 14.9 Å². The van der Waals surface area contributed by atoms with Gasteiger partial charge in [0.25, 0.3) is 11.6 Å². The first kappa shape index (κ1) is 21.3. The fourth-order valence-corrected chi connectivity index (χ4v) is 2.77. The van der Waals surface area contributed by atoms with E-state index in [1.54, 1.807) is 60.8 Å². The van der Waals surface area contributed by atoms with E-state index in [0.717, 1.165) is 0 Å². The summed E-state index contributed by atoms with van der Waals surface area (Å²) in [5.41, 5.74) is 1.88. The lowest BCUT2D eigenvalue weighted by atomic mass is 10.2. The van der Waals surface area contributed by atoms with Gasteiger partial charge in [0, 0.05) is 29.1 Å². The molecule has 0 spiro atoms. The third-order valence-corrected chi connectivity index (χ3v) is 4.41. The van der Waals surface area contributed by atoms with E-state index in [2.05, 4.69) is 10.3 Å². The summed E-state index contributed by atoms with van der Waals surface area (Å²) < 4.78 is 5.47. The molecule has 0 aliphatic carbocycles. The molecule has 1 N–H and O–H groups in total. The number of aliphatic imine (C=N–C) groups is 1. The number of carbonyl (C=O) groups is 1. The molecule has 152 valence electrons. The zero-order valence-electron chi connectivity index (χ0n) is 15.4. The SMILES string of the molecule is O=C(COc1ccc(C=Nc2ccc([N+](=O)[O-])cc2)cc1Cl)Nc1ccc(Cl)cc1. The molecule has 9 heteroatoms. The van der Waals surface area contributed by atoms with Crippen molar-refractivity contribution < 1.29 is 14.5 Å². The first-order valence-corrected chi connectivity index (χ1v) is 9.42. The van der Waals surface area contributed by atoms with Crippen LogP contribution in [-0.4, -0.2) is 23.7 Å². The van der Waals surface area contributed by atoms with Gasteiger partial charge in [-0.25, -0.2) is 0 Å².